The van der Waals surface area contributed by atoms with Gasteiger partial charge in [-0.25, -0.2) is 4.79 Å². The molecule has 0 saturated carbocycles. The molecule has 0 N–H and O–H groups in total. The van der Waals surface area contributed by atoms with Gasteiger partial charge in [0, 0.05) is 5.70 Å². The van der Waals surface area contributed by atoms with Crippen LogP contribution in [0, 0.1) is 0 Å². The lowest BCUT2D eigenvalue weighted by Gasteiger charge is -2.24. The summed E-state index contributed by atoms with van der Waals surface area (Å²) in [5.74, 6) is 0. The smallest absolute Gasteiger partial charge is 0.325 e. The van der Waals surface area contributed by atoms with Crippen LogP contribution >= 0.6 is 0 Å². The van der Waals surface area contributed by atoms with Gasteiger partial charge >= 0.3 is 6.03 Å². The molecule has 0 aromatic carbocycles. The number of nitrogens with zero attached hydrogens (tertiary/aromatic N) is 2. The highest BCUT2D eigenvalue weighted by atomic mass is 16.6. The summed E-state index contributed by atoms with van der Waals surface area (Å²) in [7, 11) is 0. The van der Waals surface area contributed by atoms with Crippen molar-refractivity contribution in [2.75, 3.05) is 26.3 Å². The molecule has 0 aromatic rings. The summed E-state index contributed by atoms with van der Waals surface area (Å²) in [6.07, 6.45) is 6.13. The number of rotatable bonds is 4. The number of ether oxygens (including phenoxy) is 2. The Morgan fingerprint density at radius 3 is 2.67 bits per heavy atom. The molecule has 3 heterocycles. The third-order valence-corrected chi connectivity index (χ3v) is 4.13. The van der Waals surface area contributed by atoms with E-state index in [0.717, 1.165) is 39.1 Å². The molecule has 3 atom stereocenters. The zero-order valence-electron chi connectivity index (χ0n) is 10.4. The van der Waals surface area contributed by atoms with E-state index >= 15 is 0 Å². The predicted octanol–water partition coefficient (Wildman–Crippen LogP) is 0.958. The Balaban J connectivity index is 1.57. The highest BCUT2D eigenvalue weighted by molar-refractivity contribution is 5.81. The summed E-state index contributed by atoms with van der Waals surface area (Å²) in [6, 6.07) is 0.438. The molecule has 0 bridgehead atoms. The second kappa shape index (κ2) is 3.96. The lowest BCUT2D eigenvalue weighted by Crippen LogP contribution is -2.38. The van der Waals surface area contributed by atoms with Crippen LogP contribution in [0.15, 0.2) is 11.8 Å². The van der Waals surface area contributed by atoms with E-state index in [4.69, 9.17) is 9.47 Å². The van der Waals surface area contributed by atoms with Gasteiger partial charge in [0.05, 0.1) is 44.6 Å². The van der Waals surface area contributed by atoms with Gasteiger partial charge in [-0.3, -0.25) is 4.90 Å². The maximum absolute atomic E-state index is 12.5. The summed E-state index contributed by atoms with van der Waals surface area (Å²) in [6.45, 7) is 3.08. The molecular weight excluding hydrogens is 232 g/mol. The number of hydrogen-bond donors (Lipinski definition) is 0. The molecule has 5 heteroatoms. The van der Waals surface area contributed by atoms with E-state index in [1.54, 1.807) is 0 Å². The van der Waals surface area contributed by atoms with Crippen molar-refractivity contribution in [3.05, 3.63) is 11.8 Å². The van der Waals surface area contributed by atoms with Crippen LogP contribution in [0.4, 0.5) is 4.79 Å². The molecule has 3 aliphatic heterocycles. The Morgan fingerprint density at radius 2 is 1.94 bits per heavy atom. The van der Waals surface area contributed by atoms with Gasteiger partial charge in [-0.1, -0.05) is 6.08 Å². The third kappa shape index (κ3) is 1.82. The van der Waals surface area contributed by atoms with Crippen LogP contribution < -0.4 is 0 Å². The van der Waals surface area contributed by atoms with Gasteiger partial charge in [0.25, 0.3) is 0 Å². The molecule has 3 fully saturated rings. The topological polar surface area (TPSA) is 48.6 Å². The quantitative estimate of drug-likeness (QED) is 0.698. The fourth-order valence-electron chi connectivity index (χ4n) is 3.01. The average molecular weight is 250 g/mol. The van der Waals surface area contributed by atoms with Crippen molar-refractivity contribution in [1.82, 2.24) is 9.80 Å². The van der Waals surface area contributed by atoms with E-state index < -0.39 is 0 Å². The zero-order valence-corrected chi connectivity index (χ0v) is 10.4. The third-order valence-electron chi connectivity index (χ3n) is 4.13. The maximum Gasteiger partial charge on any atom is 0.325 e. The molecule has 4 rings (SSSR count). The molecule has 1 aliphatic carbocycles. The summed E-state index contributed by atoms with van der Waals surface area (Å²) in [5, 5.41) is 0. The second-order valence-corrected chi connectivity index (χ2v) is 5.53. The molecule has 5 nitrogen and oxygen atoms in total. The van der Waals surface area contributed by atoms with Crippen LogP contribution in [0.5, 0.6) is 0 Å². The highest BCUT2D eigenvalue weighted by Crippen LogP contribution is 2.35. The molecule has 18 heavy (non-hydrogen) atoms. The van der Waals surface area contributed by atoms with Gasteiger partial charge in [-0.05, 0) is 19.3 Å². The Kier molecular flexibility index (Phi) is 2.38. The van der Waals surface area contributed by atoms with Crippen LogP contribution in [-0.4, -0.2) is 60.4 Å². The standard InChI is InChI=1S/C13H18N2O3/c16-13-14(5-9-7-17-9)11-3-1-2-4-12(11)15(13)6-10-8-18-10/h3,9-10,12H,1-2,4-8H2. The fraction of sp³-hybridized carbons (Fsp3) is 0.769. The van der Waals surface area contributed by atoms with Gasteiger partial charge in [0.15, 0.2) is 0 Å². The van der Waals surface area contributed by atoms with E-state index in [1.807, 2.05) is 9.80 Å². The summed E-state index contributed by atoms with van der Waals surface area (Å²) >= 11 is 0. The lowest BCUT2D eigenvalue weighted by molar-refractivity contribution is 0.177. The molecular formula is C13H18N2O3. The van der Waals surface area contributed by atoms with E-state index in [0.29, 0.717) is 0 Å². The number of urea groups is 1. The molecule has 4 aliphatic rings. The van der Waals surface area contributed by atoms with Crippen molar-refractivity contribution < 1.29 is 14.3 Å². The Bertz CT molecular complexity index is 401. The highest BCUT2D eigenvalue weighted by Gasteiger charge is 2.46. The SMILES string of the molecule is O=C1N(CC2CO2)C2=CCCCC2N1CC1CO1. The van der Waals surface area contributed by atoms with Crippen molar-refractivity contribution >= 4 is 6.03 Å². The van der Waals surface area contributed by atoms with Crippen LogP contribution in [0.25, 0.3) is 0 Å². The minimum absolute atomic E-state index is 0.152. The first-order chi connectivity index (χ1) is 8.83. The second-order valence-electron chi connectivity index (χ2n) is 5.53. The molecule has 0 aromatic heterocycles. The number of allylic oxidation sites excluding steroid dienone is 1. The van der Waals surface area contributed by atoms with Crippen molar-refractivity contribution in [3.8, 4) is 0 Å². The number of hydrogen-bond acceptors (Lipinski definition) is 3. The minimum Gasteiger partial charge on any atom is -0.371 e. The first-order valence-electron chi connectivity index (χ1n) is 6.84. The first-order valence-corrected chi connectivity index (χ1v) is 6.84. The largest absolute Gasteiger partial charge is 0.371 e. The van der Waals surface area contributed by atoms with E-state index in [2.05, 4.69) is 6.08 Å². The number of carbonyl (C=O) groups is 1. The lowest BCUT2D eigenvalue weighted by atomic mass is 9.99. The van der Waals surface area contributed by atoms with E-state index in [-0.39, 0.29) is 24.3 Å². The van der Waals surface area contributed by atoms with Crippen LogP contribution in [0.1, 0.15) is 19.3 Å². The molecule has 98 valence electrons. The molecule has 0 spiro atoms. The summed E-state index contributed by atoms with van der Waals surface area (Å²) < 4.78 is 10.5. The molecule has 3 unspecified atom stereocenters. The predicted molar refractivity (Wildman–Crippen MR) is 64.0 cm³/mol. The van der Waals surface area contributed by atoms with Gasteiger partial charge < -0.3 is 14.4 Å². The average Bonchev–Trinajstić information content (AvgIpc) is 3.26. The first kappa shape index (κ1) is 10.8. The van der Waals surface area contributed by atoms with Crippen molar-refractivity contribution in [2.45, 2.75) is 37.5 Å². The normalized spacial score (nSPS) is 37.7. The summed E-state index contributed by atoms with van der Waals surface area (Å²) in [4.78, 5) is 16.4. The zero-order chi connectivity index (χ0) is 12.1. The van der Waals surface area contributed by atoms with Crippen molar-refractivity contribution in [1.29, 1.82) is 0 Å². The van der Waals surface area contributed by atoms with Gasteiger partial charge in [0.1, 0.15) is 0 Å². The Morgan fingerprint density at radius 1 is 1.22 bits per heavy atom. The molecule has 0 radical (unpaired) electrons. The fourth-order valence-corrected chi connectivity index (χ4v) is 3.01. The maximum atomic E-state index is 12.5. The number of amides is 2. The Labute approximate surface area is 106 Å². The molecule has 2 amide bonds. The van der Waals surface area contributed by atoms with Gasteiger partial charge in [-0.2, -0.15) is 0 Å². The number of carbonyl (C=O) groups excluding carboxylic acids is 1. The van der Waals surface area contributed by atoms with Crippen molar-refractivity contribution in [3.63, 3.8) is 0 Å². The van der Waals surface area contributed by atoms with Crippen LogP contribution in [-0.2, 0) is 9.47 Å². The van der Waals surface area contributed by atoms with Gasteiger partial charge in [0.2, 0.25) is 0 Å². The van der Waals surface area contributed by atoms with Crippen molar-refractivity contribution in [2.24, 2.45) is 0 Å². The minimum atomic E-state index is 0.152. The Hall–Kier alpha value is -1.07. The van der Waals surface area contributed by atoms with E-state index in [9.17, 15) is 4.79 Å². The van der Waals surface area contributed by atoms with Crippen LogP contribution in [0.2, 0.25) is 0 Å². The number of fused-ring (bicyclic) bond motifs is 1. The van der Waals surface area contributed by atoms with Crippen LogP contribution in [0.3, 0.4) is 0 Å². The van der Waals surface area contributed by atoms with E-state index in [1.165, 1.54) is 12.1 Å². The molecule has 3 saturated heterocycles. The number of epoxide rings is 2. The monoisotopic (exact) mass is 250 g/mol. The summed E-state index contributed by atoms with van der Waals surface area (Å²) in [5.41, 5.74) is 1.21. The van der Waals surface area contributed by atoms with Gasteiger partial charge in [-0.15, -0.1) is 0 Å².